The van der Waals surface area contributed by atoms with Gasteiger partial charge in [-0.3, -0.25) is 0 Å². The van der Waals surface area contributed by atoms with Gasteiger partial charge in [0.1, 0.15) is 23.2 Å². The molecular formula is C26H26F3N7O. The Bertz CT molecular complexity index is 1390. The van der Waals surface area contributed by atoms with E-state index >= 15 is 0 Å². The molecule has 0 saturated carbocycles. The van der Waals surface area contributed by atoms with E-state index in [2.05, 4.69) is 37.2 Å². The van der Waals surface area contributed by atoms with Gasteiger partial charge < -0.3 is 15.0 Å². The summed E-state index contributed by atoms with van der Waals surface area (Å²) in [6.07, 6.45) is 8.08. The lowest BCUT2D eigenvalue weighted by molar-refractivity contribution is 0.0566. The van der Waals surface area contributed by atoms with Crippen molar-refractivity contribution in [2.45, 2.75) is 26.3 Å². The Morgan fingerprint density at radius 2 is 2.00 bits per heavy atom. The Morgan fingerprint density at radius 1 is 1.14 bits per heavy atom. The molecule has 1 atom stereocenters. The molecule has 8 nitrogen and oxygen atoms in total. The molecule has 1 fully saturated rings. The summed E-state index contributed by atoms with van der Waals surface area (Å²) in [4.78, 5) is 15.4. The monoisotopic (exact) mass is 509 g/mol. The molecule has 1 aromatic carbocycles. The van der Waals surface area contributed by atoms with Crippen molar-refractivity contribution < 1.29 is 17.9 Å². The van der Waals surface area contributed by atoms with Crippen molar-refractivity contribution >= 4 is 17.3 Å². The van der Waals surface area contributed by atoms with Gasteiger partial charge in [0, 0.05) is 54.6 Å². The number of hydrogen-bond acceptors (Lipinski definition) is 7. The molecule has 11 heteroatoms. The molecule has 0 unspecified atom stereocenters. The highest BCUT2D eigenvalue weighted by Crippen LogP contribution is 2.36. The van der Waals surface area contributed by atoms with Crippen molar-refractivity contribution in [3.63, 3.8) is 0 Å². The summed E-state index contributed by atoms with van der Waals surface area (Å²) in [6, 6.07) is 8.05. The minimum atomic E-state index is -2.72. The average Bonchev–Trinajstić information content (AvgIpc) is 3.39. The van der Waals surface area contributed by atoms with Crippen molar-refractivity contribution in [2.24, 2.45) is 5.92 Å². The van der Waals surface area contributed by atoms with E-state index in [1.54, 1.807) is 24.4 Å². The normalized spacial score (nSPS) is 15.7. The molecule has 0 amide bonds. The highest BCUT2D eigenvalue weighted by molar-refractivity contribution is 5.80. The lowest BCUT2D eigenvalue weighted by Crippen LogP contribution is -2.34. The number of rotatable bonds is 7. The van der Waals surface area contributed by atoms with Crippen LogP contribution in [0.4, 0.5) is 30.5 Å². The summed E-state index contributed by atoms with van der Waals surface area (Å²) in [5.74, 6) is 1.41. The van der Waals surface area contributed by atoms with Crippen LogP contribution in [0.3, 0.4) is 0 Å². The first-order valence-corrected chi connectivity index (χ1v) is 11.9. The lowest BCUT2D eigenvalue weighted by atomic mass is 9.98. The van der Waals surface area contributed by atoms with Gasteiger partial charge in [-0.15, -0.1) is 0 Å². The van der Waals surface area contributed by atoms with Crippen LogP contribution in [-0.2, 0) is 0 Å². The summed E-state index contributed by atoms with van der Waals surface area (Å²) in [7, 11) is 1.46. The van der Waals surface area contributed by atoms with E-state index in [1.807, 2.05) is 6.07 Å². The van der Waals surface area contributed by atoms with Crippen molar-refractivity contribution in [1.29, 1.82) is 0 Å². The van der Waals surface area contributed by atoms with E-state index in [0.717, 1.165) is 31.6 Å². The molecular weight excluding hydrogens is 483 g/mol. The number of piperidine rings is 1. The van der Waals surface area contributed by atoms with Crippen molar-refractivity contribution in [3.8, 4) is 28.3 Å². The first-order chi connectivity index (χ1) is 17.9. The van der Waals surface area contributed by atoms with Gasteiger partial charge in [0.05, 0.1) is 18.9 Å². The number of pyridine rings is 1. The Balaban J connectivity index is 1.50. The van der Waals surface area contributed by atoms with Gasteiger partial charge in [-0.25, -0.2) is 24.0 Å². The zero-order valence-electron chi connectivity index (χ0n) is 20.4. The first-order valence-electron chi connectivity index (χ1n) is 11.9. The molecule has 3 aromatic heterocycles. The molecule has 1 aliphatic heterocycles. The second kappa shape index (κ2) is 10.5. The standard InChI is InChI=1S/C26H26F3N7O/c1-16-5-4-10-35(14-16)20-11-23(31-13-18(20)17-12-32-36(15-17)26(28)29)33-22-8-9-30-25(34-22)24-19(27)6-3-7-21(24)37-2/h3,6-9,11-13,15-16,26H,4-5,10,14H2,1-2H3,(H,30,31,33,34)/t16-/m0/s1. The zero-order chi connectivity index (χ0) is 25.9. The lowest BCUT2D eigenvalue weighted by Gasteiger charge is -2.34. The highest BCUT2D eigenvalue weighted by Gasteiger charge is 2.22. The van der Waals surface area contributed by atoms with E-state index in [-0.39, 0.29) is 11.4 Å². The number of hydrogen-bond donors (Lipinski definition) is 1. The molecule has 1 saturated heterocycles. The molecule has 0 aliphatic carbocycles. The van der Waals surface area contributed by atoms with Crippen LogP contribution in [0.1, 0.15) is 26.3 Å². The third-order valence-corrected chi connectivity index (χ3v) is 6.32. The van der Waals surface area contributed by atoms with Crippen LogP contribution in [0.15, 0.2) is 55.1 Å². The van der Waals surface area contributed by atoms with E-state index in [9.17, 15) is 13.2 Å². The first kappa shape index (κ1) is 24.5. The summed E-state index contributed by atoms with van der Waals surface area (Å²) in [6.45, 7) is 1.15. The molecule has 4 aromatic rings. The van der Waals surface area contributed by atoms with Crippen LogP contribution >= 0.6 is 0 Å². The third-order valence-electron chi connectivity index (χ3n) is 6.32. The molecule has 0 spiro atoms. The van der Waals surface area contributed by atoms with Gasteiger partial charge in [-0.2, -0.15) is 13.9 Å². The predicted octanol–water partition coefficient (Wildman–Crippen LogP) is 5.92. The average molecular weight is 510 g/mol. The number of alkyl halides is 2. The zero-order valence-corrected chi connectivity index (χ0v) is 20.4. The van der Waals surface area contributed by atoms with Crippen molar-refractivity contribution in [1.82, 2.24) is 24.7 Å². The summed E-state index contributed by atoms with van der Waals surface area (Å²) in [5, 5.41) is 6.96. The van der Waals surface area contributed by atoms with Crippen LogP contribution in [0.25, 0.3) is 22.5 Å². The van der Waals surface area contributed by atoms with Crippen molar-refractivity contribution in [3.05, 3.63) is 60.9 Å². The number of nitrogens with zero attached hydrogens (tertiary/aromatic N) is 6. The van der Waals surface area contributed by atoms with E-state index in [4.69, 9.17) is 4.74 Å². The number of ether oxygens (including phenoxy) is 1. The molecule has 5 rings (SSSR count). The van der Waals surface area contributed by atoms with Gasteiger partial charge in [-0.1, -0.05) is 13.0 Å². The predicted molar refractivity (Wildman–Crippen MR) is 135 cm³/mol. The number of aromatic nitrogens is 5. The third kappa shape index (κ3) is 5.20. The summed E-state index contributed by atoms with van der Waals surface area (Å²) in [5.41, 5.74) is 2.30. The SMILES string of the molecule is COc1cccc(F)c1-c1nccc(Nc2cc(N3CCC[C@H](C)C3)c(-c3cnn(C(F)F)c3)cn2)n1. The fourth-order valence-corrected chi connectivity index (χ4v) is 4.56. The topological polar surface area (TPSA) is 81.0 Å². The van der Waals surface area contributed by atoms with Crippen LogP contribution in [0.2, 0.25) is 0 Å². The van der Waals surface area contributed by atoms with Gasteiger partial charge in [0.25, 0.3) is 0 Å². The Labute approximate surface area is 212 Å². The van der Waals surface area contributed by atoms with Crippen LogP contribution in [0, 0.1) is 11.7 Å². The molecule has 37 heavy (non-hydrogen) atoms. The smallest absolute Gasteiger partial charge is 0.333 e. The summed E-state index contributed by atoms with van der Waals surface area (Å²) >= 11 is 0. The highest BCUT2D eigenvalue weighted by atomic mass is 19.3. The fourth-order valence-electron chi connectivity index (χ4n) is 4.56. The maximum absolute atomic E-state index is 14.6. The van der Waals surface area contributed by atoms with Crippen molar-refractivity contribution in [2.75, 3.05) is 30.4 Å². The fraction of sp³-hybridized carbons (Fsp3) is 0.308. The van der Waals surface area contributed by atoms with Gasteiger partial charge >= 0.3 is 6.55 Å². The van der Waals surface area contributed by atoms with Crippen LogP contribution < -0.4 is 15.0 Å². The molecule has 192 valence electrons. The van der Waals surface area contributed by atoms with Gasteiger partial charge in [0.15, 0.2) is 5.82 Å². The number of halogens is 3. The Morgan fingerprint density at radius 3 is 2.76 bits per heavy atom. The Hall–Kier alpha value is -4.15. The summed E-state index contributed by atoms with van der Waals surface area (Å²) < 4.78 is 46.8. The maximum atomic E-state index is 14.6. The minimum Gasteiger partial charge on any atom is -0.496 e. The molecule has 4 heterocycles. The van der Waals surface area contributed by atoms with Crippen LogP contribution in [0.5, 0.6) is 5.75 Å². The van der Waals surface area contributed by atoms with E-state index in [0.29, 0.717) is 39.1 Å². The number of benzene rings is 1. The van der Waals surface area contributed by atoms with E-state index in [1.165, 1.54) is 31.8 Å². The maximum Gasteiger partial charge on any atom is 0.333 e. The van der Waals surface area contributed by atoms with Gasteiger partial charge in [-0.05, 0) is 37.0 Å². The van der Waals surface area contributed by atoms with Crippen LogP contribution in [-0.4, -0.2) is 44.9 Å². The minimum absolute atomic E-state index is 0.163. The van der Waals surface area contributed by atoms with E-state index < -0.39 is 12.4 Å². The molecule has 1 N–H and O–H groups in total. The quantitative estimate of drug-likeness (QED) is 0.331. The largest absolute Gasteiger partial charge is 0.496 e. The number of anilines is 3. The molecule has 0 radical (unpaired) electrons. The Kier molecular flexibility index (Phi) is 6.93. The number of nitrogens with one attached hydrogen (secondary N) is 1. The second-order valence-electron chi connectivity index (χ2n) is 8.97. The molecule has 0 bridgehead atoms. The molecule has 1 aliphatic rings. The second-order valence-corrected chi connectivity index (χ2v) is 8.97. The number of methoxy groups -OCH3 is 1. The van der Waals surface area contributed by atoms with Gasteiger partial charge in [0.2, 0.25) is 0 Å².